The third kappa shape index (κ3) is 7.84. The number of allylic oxidation sites excluding steroid dienone is 2. The maximum atomic E-state index is 13.2. The van der Waals surface area contributed by atoms with E-state index in [1.807, 2.05) is 13.8 Å². The van der Waals surface area contributed by atoms with Crippen molar-refractivity contribution in [1.82, 2.24) is 16.1 Å². The fourth-order valence-electron chi connectivity index (χ4n) is 2.55. The standard InChI is InChI=1S/C23H28FN5O2S/c1-15(2)14-26-23(28-22(30)18-6-5-7-20(13-18)32(4)31)27-21(29-25)12-16(3)17-8-10-19(24)11-9-17/h5-13,15,29H,3,14,25H2,1-2,4H3,(H2,26,27,28,30)/b21-12-. The summed E-state index contributed by atoms with van der Waals surface area (Å²) in [6, 6.07) is 12.4. The Bertz CT molecular complexity index is 1000. The number of hydrogen-bond acceptors (Lipinski definition) is 4. The van der Waals surface area contributed by atoms with E-state index < -0.39 is 17.1 Å². The summed E-state index contributed by atoms with van der Waals surface area (Å²) in [6.45, 7) is 8.55. The van der Waals surface area contributed by atoms with Crippen LogP contribution in [0.25, 0.3) is 5.57 Å². The molecule has 2 aromatic rings. The Balaban J connectivity index is 2.27. The van der Waals surface area contributed by atoms with Gasteiger partial charge in [-0.15, -0.1) is 0 Å². The van der Waals surface area contributed by atoms with Crippen molar-refractivity contribution >= 4 is 28.6 Å². The largest absolute Gasteiger partial charge is 0.612 e. The lowest BCUT2D eigenvalue weighted by molar-refractivity contribution is 0.100. The molecule has 0 radical (unpaired) electrons. The molecule has 5 N–H and O–H groups in total. The van der Waals surface area contributed by atoms with Crippen LogP contribution >= 0.6 is 0 Å². The lowest BCUT2D eigenvalue weighted by Gasteiger charge is -2.16. The number of halogens is 1. The van der Waals surface area contributed by atoms with Crippen LogP contribution in [0.15, 0.2) is 76.9 Å². The van der Waals surface area contributed by atoms with E-state index in [0.717, 1.165) is 0 Å². The highest BCUT2D eigenvalue weighted by molar-refractivity contribution is 7.90. The predicted octanol–water partition coefficient (Wildman–Crippen LogP) is 2.91. The Morgan fingerprint density at radius 2 is 1.94 bits per heavy atom. The summed E-state index contributed by atoms with van der Waals surface area (Å²) in [6.07, 6.45) is 3.16. The zero-order valence-corrected chi connectivity index (χ0v) is 19.1. The van der Waals surface area contributed by atoms with Crippen molar-refractivity contribution in [2.75, 3.05) is 12.8 Å². The van der Waals surface area contributed by atoms with Crippen molar-refractivity contribution in [3.63, 3.8) is 0 Å². The first kappa shape index (κ1) is 25.1. The van der Waals surface area contributed by atoms with Gasteiger partial charge in [0.25, 0.3) is 5.91 Å². The van der Waals surface area contributed by atoms with Crippen LogP contribution in [0, 0.1) is 11.7 Å². The molecule has 2 rings (SSSR count). The molecule has 0 spiro atoms. The van der Waals surface area contributed by atoms with E-state index in [2.05, 4.69) is 27.6 Å². The monoisotopic (exact) mass is 457 g/mol. The minimum Gasteiger partial charge on any atom is -0.612 e. The molecule has 0 bridgehead atoms. The number of hydrogen-bond donors (Lipinski definition) is 4. The highest BCUT2D eigenvalue weighted by Gasteiger charge is 2.12. The molecule has 1 amide bonds. The molecular formula is C23H28FN5O2S. The van der Waals surface area contributed by atoms with E-state index in [4.69, 9.17) is 5.84 Å². The molecule has 1 unspecified atom stereocenters. The normalized spacial score (nSPS) is 13.0. The highest BCUT2D eigenvalue weighted by Crippen LogP contribution is 2.15. The number of carbonyl (C=O) groups is 1. The number of nitrogens with zero attached hydrogens (tertiary/aromatic N) is 1. The summed E-state index contributed by atoms with van der Waals surface area (Å²) in [7, 11) is 0. The Hall–Kier alpha value is -3.14. The first-order valence-electron chi connectivity index (χ1n) is 9.90. The average Bonchev–Trinajstić information content (AvgIpc) is 2.77. The first-order valence-corrected chi connectivity index (χ1v) is 11.5. The van der Waals surface area contributed by atoms with Gasteiger partial charge in [0.15, 0.2) is 4.90 Å². The number of rotatable bonds is 8. The number of amides is 1. The van der Waals surface area contributed by atoms with E-state index in [0.29, 0.717) is 34.0 Å². The molecule has 0 aliphatic carbocycles. The molecule has 0 fully saturated rings. The smallest absolute Gasteiger partial charge is 0.280 e. The zero-order chi connectivity index (χ0) is 23.7. The quantitative estimate of drug-likeness (QED) is 0.121. The SMILES string of the molecule is C=C(/C=C(\NN)N/C(=N\C(=O)c1cccc([S+](C)[O-])c1)NCC(C)C)c1ccc(F)cc1. The first-order chi connectivity index (χ1) is 15.2. The molecule has 9 heteroatoms. The summed E-state index contributed by atoms with van der Waals surface area (Å²) < 4.78 is 24.9. The lowest BCUT2D eigenvalue weighted by Crippen LogP contribution is -2.44. The summed E-state index contributed by atoms with van der Waals surface area (Å²) in [4.78, 5) is 17.4. The summed E-state index contributed by atoms with van der Waals surface area (Å²) >= 11 is -1.22. The van der Waals surface area contributed by atoms with Crippen molar-refractivity contribution in [1.29, 1.82) is 0 Å². The molecule has 7 nitrogen and oxygen atoms in total. The molecule has 170 valence electrons. The van der Waals surface area contributed by atoms with E-state index in [9.17, 15) is 13.7 Å². The number of hydrazine groups is 1. The molecule has 0 saturated carbocycles. The summed E-state index contributed by atoms with van der Waals surface area (Å²) in [5.41, 5.74) is 4.09. The van der Waals surface area contributed by atoms with Crippen molar-refractivity contribution in [3.8, 4) is 0 Å². The topological polar surface area (TPSA) is 115 Å². The van der Waals surface area contributed by atoms with Gasteiger partial charge in [0.2, 0.25) is 5.96 Å². The van der Waals surface area contributed by atoms with Crippen LogP contribution in [0.5, 0.6) is 0 Å². The Kier molecular flexibility index (Phi) is 9.45. The molecule has 0 aliphatic rings. The molecular weight excluding hydrogens is 429 g/mol. The molecule has 32 heavy (non-hydrogen) atoms. The number of benzene rings is 2. The molecule has 0 aliphatic heterocycles. The van der Waals surface area contributed by atoms with Gasteiger partial charge < -0.3 is 20.6 Å². The van der Waals surface area contributed by atoms with E-state index in [1.165, 1.54) is 12.1 Å². The third-order valence-electron chi connectivity index (χ3n) is 4.25. The van der Waals surface area contributed by atoms with Crippen molar-refractivity contribution in [2.45, 2.75) is 18.7 Å². The van der Waals surface area contributed by atoms with Crippen LogP contribution < -0.4 is 21.9 Å². The minimum absolute atomic E-state index is 0.183. The van der Waals surface area contributed by atoms with Crippen molar-refractivity contribution in [2.24, 2.45) is 16.8 Å². The van der Waals surface area contributed by atoms with Crippen molar-refractivity contribution < 1.29 is 13.7 Å². The third-order valence-corrected chi connectivity index (χ3v) is 5.16. The fraction of sp³-hybridized carbons (Fsp3) is 0.217. The van der Waals surface area contributed by atoms with Crippen LogP contribution in [0.1, 0.15) is 29.8 Å². The number of guanidine groups is 1. The van der Waals surface area contributed by atoms with Crippen LogP contribution in [0.2, 0.25) is 0 Å². The fourth-order valence-corrected chi connectivity index (χ4v) is 3.11. The maximum absolute atomic E-state index is 13.2. The van der Waals surface area contributed by atoms with Gasteiger partial charge in [-0.05, 0) is 58.6 Å². The number of carbonyl (C=O) groups excluding carboxylic acids is 1. The second-order valence-electron chi connectivity index (χ2n) is 7.38. The second kappa shape index (κ2) is 12.0. The summed E-state index contributed by atoms with van der Waals surface area (Å²) in [5.74, 6) is 5.58. The van der Waals surface area contributed by atoms with Gasteiger partial charge in [-0.1, -0.05) is 38.6 Å². The molecule has 1 atom stereocenters. The minimum atomic E-state index is -1.22. The molecule has 0 heterocycles. The zero-order valence-electron chi connectivity index (χ0n) is 18.3. The van der Waals surface area contributed by atoms with Gasteiger partial charge in [0, 0.05) is 18.2 Å². The van der Waals surface area contributed by atoms with Gasteiger partial charge in [0.05, 0.1) is 0 Å². The summed E-state index contributed by atoms with van der Waals surface area (Å²) in [5, 5.41) is 6.04. The molecule has 0 saturated heterocycles. The van der Waals surface area contributed by atoms with Crippen molar-refractivity contribution in [3.05, 3.63) is 84.0 Å². The Morgan fingerprint density at radius 3 is 2.53 bits per heavy atom. The highest BCUT2D eigenvalue weighted by atomic mass is 32.2. The number of nitrogens with two attached hydrogens (primary N) is 1. The van der Waals surface area contributed by atoms with Crippen LogP contribution in [-0.2, 0) is 11.2 Å². The Morgan fingerprint density at radius 1 is 1.25 bits per heavy atom. The van der Waals surface area contributed by atoms with Gasteiger partial charge in [0.1, 0.15) is 17.9 Å². The average molecular weight is 458 g/mol. The van der Waals surface area contributed by atoms with Crippen LogP contribution in [0.4, 0.5) is 4.39 Å². The van der Waals surface area contributed by atoms with Gasteiger partial charge in [-0.3, -0.25) is 4.79 Å². The lowest BCUT2D eigenvalue weighted by atomic mass is 10.1. The van der Waals surface area contributed by atoms with E-state index >= 15 is 0 Å². The maximum Gasteiger partial charge on any atom is 0.280 e. The van der Waals surface area contributed by atoms with E-state index in [-0.39, 0.29) is 17.7 Å². The Labute approximate surface area is 190 Å². The van der Waals surface area contributed by atoms with Gasteiger partial charge >= 0.3 is 0 Å². The van der Waals surface area contributed by atoms with Gasteiger partial charge in [-0.25, -0.2) is 10.2 Å². The van der Waals surface area contributed by atoms with Crippen LogP contribution in [0.3, 0.4) is 0 Å². The second-order valence-corrected chi connectivity index (χ2v) is 8.76. The van der Waals surface area contributed by atoms with Gasteiger partial charge in [-0.2, -0.15) is 4.99 Å². The number of nitrogens with one attached hydrogen (secondary N) is 3. The molecule has 2 aromatic carbocycles. The predicted molar refractivity (Wildman–Crippen MR) is 127 cm³/mol. The number of aliphatic imine (C=N–C) groups is 1. The van der Waals surface area contributed by atoms with E-state index in [1.54, 1.807) is 48.7 Å². The van der Waals surface area contributed by atoms with Crippen LogP contribution in [-0.4, -0.2) is 29.2 Å². The molecule has 0 aromatic heterocycles.